The Hall–Kier alpha value is -0.140. The molecule has 0 atom stereocenters. The highest BCUT2D eigenvalue weighted by Crippen LogP contribution is 2.28. The Morgan fingerprint density at radius 1 is 1.00 bits per heavy atom. The fraction of sp³-hybridized carbons (Fsp3) is 0.333. The maximum Gasteiger partial charge on any atom is 0.198 e. The van der Waals surface area contributed by atoms with E-state index in [4.69, 9.17) is 27.6 Å². The molecule has 3 heteroatoms. The minimum absolute atomic E-state index is 0.387. The summed E-state index contributed by atoms with van der Waals surface area (Å²) >= 11 is 11.2. The normalized spacial score (nSPS) is 10.2. The van der Waals surface area contributed by atoms with E-state index in [1.54, 1.807) is 0 Å². The van der Waals surface area contributed by atoms with Crippen LogP contribution in [0.2, 0.25) is 10.4 Å². The number of furan rings is 1. The Bertz CT molecular complexity index is 205. The molecule has 0 fully saturated rings. The highest BCUT2D eigenvalue weighted by molar-refractivity contribution is 6.33. The summed E-state index contributed by atoms with van der Waals surface area (Å²) in [4.78, 5) is 0. The van der Waals surface area contributed by atoms with Crippen molar-refractivity contribution in [1.29, 1.82) is 0 Å². The average molecular weight is 165 g/mol. The van der Waals surface area contributed by atoms with Crippen LogP contribution in [-0.2, 0) is 0 Å². The van der Waals surface area contributed by atoms with Crippen LogP contribution in [0.25, 0.3) is 0 Å². The minimum Gasteiger partial charge on any atom is -0.433 e. The van der Waals surface area contributed by atoms with Crippen LogP contribution in [0.1, 0.15) is 11.1 Å². The molecule has 50 valence electrons. The molecule has 1 nitrogen and oxygen atoms in total. The van der Waals surface area contributed by atoms with Crippen LogP contribution in [0.15, 0.2) is 4.42 Å². The van der Waals surface area contributed by atoms with Gasteiger partial charge in [-0.05, 0) is 37.0 Å². The summed E-state index contributed by atoms with van der Waals surface area (Å²) in [6.07, 6.45) is 0. The molecule has 0 aliphatic rings. The number of rotatable bonds is 0. The number of hydrogen-bond acceptors (Lipinski definition) is 1. The highest BCUT2D eigenvalue weighted by atomic mass is 35.5. The molecule has 9 heavy (non-hydrogen) atoms. The largest absolute Gasteiger partial charge is 0.433 e. The maximum absolute atomic E-state index is 5.58. The van der Waals surface area contributed by atoms with Gasteiger partial charge in [0, 0.05) is 11.1 Å². The standard InChI is InChI=1S/C6H6Cl2O/c1-3-4(2)6(8)9-5(3)7/h1-2H3. The fourth-order valence-corrected chi connectivity index (χ4v) is 1.00. The van der Waals surface area contributed by atoms with E-state index in [2.05, 4.69) is 0 Å². The predicted molar refractivity (Wildman–Crippen MR) is 38.2 cm³/mol. The van der Waals surface area contributed by atoms with Crippen molar-refractivity contribution in [2.24, 2.45) is 0 Å². The molecule has 0 aliphatic carbocycles. The summed E-state index contributed by atoms with van der Waals surface area (Å²) in [5, 5.41) is 0.773. The lowest BCUT2D eigenvalue weighted by Crippen LogP contribution is -1.69. The van der Waals surface area contributed by atoms with Crippen LogP contribution in [0, 0.1) is 13.8 Å². The molecule has 1 rings (SSSR count). The Kier molecular flexibility index (Phi) is 1.73. The van der Waals surface area contributed by atoms with Gasteiger partial charge in [0.05, 0.1) is 0 Å². The molecule has 0 radical (unpaired) electrons. The van der Waals surface area contributed by atoms with Gasteiger partial charge in [-0.3, -0.25) is 0 Å². The number of halogens is 2. The molecule has 0 saturated heterocycles. The van der Waals surface area contributed by atoms with E-state index in [-0.39, 0.29) is 0 Å². The van der Waals surface area contributed by atoms with Crippen LogP contribution < -0.4 is 0 Å². The van der Waals surface area contributed by atoms with Crippen molar-refractivity contribution in [3.8, 4) is 0 Å². The van der Waals surface area contributed by atoms with E-state index in [1.165, 1.54) is 0 Å². The smallest absolute Gasteiger partial charge is 0.198 e. The second kappa shape index (κ2) is 2.24. The van der Waals surface area contributed by atoms with Gasteiger partial charge in [-0.25, -0.2) is 0 Å². The van der Waals surface area contributed by atoms with Gasteiger partial charge in [-0.15, -0.1) is 0 Å². The van der Waals surface area contributed by atoms with Gasteiger partial charge in [0.1, 0.15) is 0 Å². The maximum atomic E-state index is 5.58. The Balaban J connectivity index is 3.29. The van der Waals surface area contributed by atoms with Crippen molar-refractivity contribution < 1.29 is 4.42 Å². The van der Waals surface area contributed by atoms with Gasteiger partial charge in [0.25, 0.3) is 0 Å². The second-order valence-corrected chi connectivity index (χ2v) is 2.59. The monoisotopic (exact) mass is 164 g/mol. The lowest BCUT2D eigenvalue weighted by molar-refractivity contribution is 0.568. The fourth-order valence-electron chi connectivity index (χ4n) is 0.527. The molecule has 0 saturated carbocycles. The SMILES string of the molecule is Cc1c(Cl)oc(Cl)c1C. The zero-order valence-electron chi connectivity index (χ0n) is 5.16. The average Bonchev–Trinajstić information content (AvgIpc) is 1.98. The zero-order chi connectivity index (χ0) is 7.02. The quantitative estimate of drug-likeness (QED) is 0.575. The molecule has 0 amide bonds. The molecule has 0 unspecified atom stereocenters. The third-order valence-corrected chi connectivity index (χ3v) is 2.05. The van der Waals surface area contributed by atoms with Crippen LogP contribution in [-0.4, -0.2) is 0 Å². The molecule has 0 N–H and O–H groups in total. The summed E-state index contributed by atoms with van der Waals surface area (Å²) in [6, 6.07) is 0. The summed E-state index contributed by atoms with van der Waals surface area (Å²) in [7, 11) is 0. The third-order valence-electron chi connectivity index (χ3n) is 1.33. The van der Waals surface area contributed by atoms with Crippen LogP contribution >= 0.6 is 23.2 Å². The number of hydrogen-bond donors (Lipinski definition) is 0. The molecular formula is C6H6Cl2O. The van der Waals surface area contributed by atoms with E-state index < -0.39 is 0 Å². The van der Waals surface area contributed by atoms with E-state index >= 15 is 0 Å². The van der Waals surface area contributed by atoms with Crippen molar-refractivity contribution in [2.45, 2.75) is 13.8 Å². The minimum atomic E-state index is 0.387. The first-order valence-corrected chi connectivity index (χ1v) is 3.29. The van der Waals surface area contributed by atoms with Crippen LogP contribution in [0.4, 0.5) is 0 Å². The van der Waals surface area contributed by atoms with Gasteiger partial charge in [0.2, 0.25) is 0 Å². The van der Waals surface area contributed by atoms with Crippen molar-refractivity contribution in [3.63, 3.8) is 0 Å². The third kappa shape index (κ3) is 1.07. The first-order chi connectivity index (χ1) is 4.13. The van der Waals surface area contributed by atoms with Gasteiger partial charge in [-0.1, -0.05) is 0 Å². The Morgan fingerprint density at radius 3 is 1.44 bits per heavy atom. The molecule has 1 heterocycles. The topological polar surface area (TPSA) is 13.1 Å². The lowest BCUT2D eigenvalue weighted by atomic mass is 10.2. The van der Waals surface area contributed by atoms with E-state index in [0.29, 0.717) is 10.4 Å². The first kappa shape index (κ1) is 6.97. The van der Waals surface area contributed by atoms with Crippen molar-refractivity contribution >= 4 is 23.2 Å². The summed E-state index contributed by atoms with van der Waals surface area (Å²) in [6.45, 7) is 3.74. The summed E-state index contributed by atoms with van der Waals surface area (Å²) < 4.78 is 4.88. The molecule has 0 aliphatic heterocycles. The van der Waals surface area contributed by atoms with E-state index in [1.807, 2.05) is 13.8 Å². The van der Waals surface area contributed by atoms with Gasteiger partial charge >= 0.3 is 0 Å². The molecule has 0 bridgehead atoms. The molecule has 1 aromatic rings. The predicted octanol–water partition coefficient (Wildman–Crippen LogP) is 3.20. The van der Waals surface area contributed by atoms with Gasteiger partial charge < -0.3 is 4.42 Å². The Labute approximate surface area is 63.6 Å². The molecule has 0 spiro atoms. The van der Waals surface area contributed by atoms with Crippen molar-refractivity contribution in [1.82, 2.24) is 0 Å². The molecular weight excluding hydrogens is 159 g/mol. The van der Waals surface area contributed by atoms with Crippen molar-refractivity contribution in [2.75, 3.05) is 0 Å². The highest BCUT2D eigenvalue weighted by Gasteiger charge is 2.08. The van der Waals surface area contributed by atoms with Gasteiger partial charge in [0.15, 0.2) is 10.4 Å². The molecule has 1 aromatic heterocycles. The first-order valence-electron chi connectivity index (χ1n) is 2.54. The van der Waals surface area contributed by atoms with Gasteiger partial charge in [-0.2, -0.15) is 0 Å². The van der Waals surface area contributed by atoms with E-state index in [9.17, 15) is 0 Å². The lowest BCUT2D eigenvalue weighted by Gasteiger charge is -1.82. The van der Waals surface area contributed by atoms with Crippen LogP contribution in [0.3, 0.4) is 0 Å². The van der Waals surface area contributed by atoms with E-state index in [0.717, 1.165) is 11.1 Å². The van der Waals surface area contributed by atoms with Crippen molar-refractivity contribution in [3.05, 3.63) is 21.6 Å². The zero-order valence-corrected chi connectivity index (χ0v) is 6.68. The van der Waals surface area contributed by atoms with Crippen LogP contribution in [0.5, 0.6) is 0 Å². The Morgan fingerprint density at radius 2 is 1.33 bits per heavy atom. The second-order valence-electron chi connectivity index (χ2n) is 1.90. The summed E-state index contributed by atoms with van der Waals surface area (Å²) in [5.74, 6) is 0. The molecule has 0 aromatic carbocycles. The summed E-state index contributed by atoms with van der Waals surface area (Å²) in [5.41, 5.74) is 1.84.